The molecule has 1 aliphatic rings. The first kappa shape index (κ1) is 15.8. The summed E-state index contributed by atoms with van der Waals surface area (Å²) in [4.78, 5) is 30.0. The highest BCUT2D eigenvalue weighted by atomic mass is 32.2. The van der Waals surface area contributed by atoms with Crippen molar-refractivity contribution >= 4 is 23.6 Å². The summed E-state index contributed by atoms with van der Waals surface area (Å²) in [5.41, 5.74) is 1.01. The van der Waals surface area contributed by atoms with E-state index in [-0.39, 0.29) is 17.9 Å². The second-order valence-electron chi connectivity index (χ2n) is 5.06. The Kier molecular flexibility index (Phi) is 6.04. The summed E-state index contributed by atoms with van der Waals surface area (Å²) in [6.07, 6.45) is 5.81. The van der Waals surface area contributed by atoms with Crippen LogP contribution in [-0.4, -0.2) is 39.4 Å². The van der Waals surface area contributed by atoms with Crippen molar-refractivity contribution in [2.45, 2.75) is 38.8 Å². The summed E-state index contributed by atoms with van der Waals surface area (Å²) in [6, 6.07) is 3.41. The second-order valence-corrected chi connectivity index (χ2v) is 6.06. The van der Waals surface area contributed by atoms with E-state index in [9.17, 15) is 9.59 Å². The second kappa shape index (κ2) is 8.02. The highest BCUT2D eigenvalue weighted by Crippen LogP contribution is 2.22. The third kappa shape index (κ3) is 4.46. The lowest BCUT2D eigenvalue weighted by atomic mass is 10.2. The van der Waals surface area contributed by atoms with Gasteiger partial charge in [-0.2, -0.15) is 0 Å². The molecule has 2 amide bonds. The molecule has 1 atom stereocenters. The largest absolute Gasteiger partial charge is 0.350 e. The maximum atomic E-state index is 12.3. The molecule has 6 heteroatoms. The van der Waals surface area contributed by atoms with Crippen molar-refractivity contribution < 1.29 is 9.59 Å². The standard InChI is InChI=1S/C15H21N3O2S/c1-2-3-4-14(19)18-11-21-10-13(18)15(20)17-9-12-5-7-16-8-6-12/h5-8,13H,2-4,9-11H2,1H3,(H,17,20). The number of hydrogen-bond donors (Lipinski definition) is 1. The first-order chi connectivity index (χ1) is 10.2. The molecule has 0 aliphatic carbocycles. The zero-order chi connectivity index (χ0) is 15.1. The van der Waals surface area contributed by atoms with Crippen molar-refractivity contribution in [2.75, 3.05) is 11.6 Å². The number of nitrogens with zero attached hydrogens (tertiary/aromatic N) is 2. The molecule has 0 spiro atoms. The normalized spacial score (nSPS) is 17.8. The van der Waals surface area contributed by atoms with Gasteiger partial charge in [-0.1, -0.05) is 13.3 Å². The quantitative estimate of drug-likeness (QED) is 0.870. The number of nitrogens with one attached hydrogen (secondary N) is 1. The van der Waals surface area contributed by atoms with Gasteiger partial charge in [0.1, 0.15) is 6.04 Å². The van der Waals surface area contributed by atoms with Crippen LogP contribution in [0.15, 0.2) is 24.5 Å². The molecule has 0 bridgehead atoms. The Bertz CT molecular complexity index is 481. The molecule has 1 fully saturated rings. The van der Waals surface area contributed by atoms with Crippen molar-refractivity contribution in [3.8, 4) is 0 Å². The van der Waals surface area contributed by atoms with E-state index in [1.54, 1.807) is 29.1 Å². The monoisotopic (exact) mass is 307 g/mol. The van der Waals surface area contributed by atoms with E-state index in [4.69, 9.17) is 0 Å². The van der Waals surface area contributed by atoms with Gasteiger partial charge in [-0.3, -0.25) is 14.6 Å². The Morgan fingerprint density at radius 2 is 2.19 bits per heavy atom. The van der Waals surface area contributed by atoms with Crippen molar-refractivity contribution in [3.05, 3.63) is 30.1 Å². The van der Waals surface area contributed by atoms with Crippen LogP contribution in [0.25, 0.3) is 0 Å². The number of hydrogen-bond acceptors (Lipinski definition) is 4. The van der Waals surface area contributed by atoms with E-state index in [1.807, 2.05) is 12.1 Å². The number of rotatable bonds is 6. The molecule has 2 heterocycles. The molecule has 1 aromatic rings. The van der Waals surface area contributed by atoms with Crippen molar-refractivity contribution in [1.82, 2.24) is 15.2 Å². The van der Waals surface area contributed by atoms with Gasteiger partial charge in [0.2, 0.25) is 11.8 Å². The minimum absolute atomic E-state index is 0.0679. The van der Waals surface area contributed by atoms with Crippen LogP contribution < -0.4 is 5.32 Å². The molecule has 114 valence electrons. The van der Waals surface area contributed by atoms with Crippen LogP contribution in [-0.2, 0) is 16.1 Å². The molecule has 0 saturated carbocycles. The molecule has 1 N–H and O–H groups in total. The van der Waals surface area contributed by atoms with E-state index < -0.39 is 0 Å². The van der Waals surface area contributed by atoms with Crippen LogP contribution in [0, 0.1) is 0 Å². The third-order valence-electron chi connectivity index (χ3n) is 3.47. The highest BCUT2D eigenvalue weighted by Gasteiger charge is 2.33. The SMILES string of the molecule is CCCCC(=O)N1CSCC1C(=O)NCc1ccncc1. The van der Waals surface area contributed by atoms with Crippen LogP contribution >= 0.6 is 11.8 Å². The van der Waals surface area contributed by atoms with Gasteiger partial charge < -0.3 is 10.2 Å². The predicted octanol–water partition coefficient (Wildman–Crippen LogP) is 1.79. The average Bonchev–Trinajstić information content (AvgIpc) is 3.01. The summed E-state index contributed by atoms with van der Waals surface area (Å²) in [5.74, 6) is 1.32. The number of aromatic nitrogens is 1. The van der Waals surface area contributed by atoms with E-state index in [1.165, 1.54) is 0 Å². The van der Waals surface area contributed by atoms with Crippen LogP contribution in [0.1, 0.15) is 31.7 Å². The molecular weight excluding hydrogens is 286 g/mol. The number of unbranched alkanes of at least 4 members (excludes halogenated alkanes) is 1. The first-order valence-electron chi connectivity index (χ1n) is 7.26. The fourth-order valence-corrected chi connectivity index (χ4v) is 3.37. The lowest BCUT2D eigenvalue weighted by Gasteiger charge is -2.23. The Morgan fingerprint density at radius 1 is 1.43 bits per heavy atom. The fourth-order valence-electron chi connectivity index (χ4n) is 2.18. The van der Waals surface area contributed by atoms with Crippen molar-refractivity contribution in [1.29, 1.82) is 0 Å². The van der Waals surface area contributed by atoms with Crippen LogP contribution in [0.2, 0.25) is 0 Å². The van der Waals surface area contributed by atoms with Crippen molar-refractivity contribution in [2.24, 2.45) is 0 Å². The van der Waals surface area contributed by atoms with Gasteiger partial charge in [-0.15, -0.1) is 11.8 Å². The topological polar surface area (TPSA) is 62.3 Å². The zero-order valence-electron chi connectivity index (χ0n) is 12.2. The minimum atomic E-state index is -0.332. The predicted molar refractivity (Wildman–Crippen MR) is 83.6 cm³/mol. The maximum Gasteiger partial charge on any atom is 0.243 e. The molecule has 21 heavy (non-hydrogen) atoms. The Morgan fingerprint density at radius 3 is 2.90 bits per heavy atom. The van der Waals surface area contributed by atoms with Gasteiger partial charge in [0.05, 0.1) is 5.88 Å². The molecule has 0 aromatic carbocycles. The average molecular weight is 307 g/mol. The van der Waals surface area contributed by atoms with E-state index in [0.29, 0.717) is 24.6 Å². The summed E-state index contributed by atoms with van der Waals surface area (Å²) >= 11 is 1.64. The smallest absolute Gasteiger partial charge is 0.243 e. The Hall–Kier alpha value is -1.56. The van der Waals surface area contributed by atoms with Crippen molar-refractivity contribution in [3.63, 3.8) is 0 Å². The van der Waals surface area contributed by atoms with Crippen LogP contribution in [0.4, 0.5) is 0 Å². The van der Waals surface area contributed by atoms with Gasteiger partial charge in [0.15, 0.2) is 0 Å². The highest BCUT2D eigenvalue weighted by molar-refractivity contribution is 7.99. The van der Waals surface area contributed by atoms with E-state index >= 15 is 0 Å². The molecule has 1 saturated heterocycles. The first-order valence-corrected chi connectivity index (χ1v) is 8.41. The Balaban J connectivity index is 1.87. The fraction of sp³-hybridized carbons (Fsp3) is 0.533. The molecule has 1 aliphatic heterocycles. The third-order valence-corrected chi connectivity index (χ3v) is 4.48. The molecule has 5 nitrogen and oxygen atoms in total. The Labute approximate surface area is 129 Å². The minimum Gasteiger partial charge on any atom is -0.350 e. The lowest BCUT2D eigenvalue weighted by molar-refractivity contribution is -0.138. The molecule has 0 radical (unpaired) electrons. The van der Waals surface area contributed by atoms with Gasteiger partial charge in [-0.25, -0.2) is 0 Å². The molecule has 1 unspecified atom stereocenters. The molecule has 1 aromatic heterocycles. The summed E-state index contributed by atoms with van der Waals surface area (Å²) < 4.78 is 0. The van der Waals surface area contributed by atoms with E-state index in [2.05, 4.69) is 17.2 Å². The number of thioether (sulfide) groups is 1. The van der Waals surface area contributed by atoms with Gasteiger partial charge in [0, 0.05) is 31.1 Å². The summed E-state index contributed by atoms with van der Waals surface area (Å²) in [6.45, 7) is 2.53. The van der Waals surface area contributed by atoms with Gasteiger partial charge in [0.25, 0.3) is 0 Å². The number of carbonyl (C=O) groups excluding carboxylic acids is 2. The summed E-state index contributed by atoms with van der Waals surface area (Å²) in [5, 5.41) is 2.91. The molecule has 2 rings (SSSR count). The summed E-state index contributed by atoms with van der Waals surface area (Å²) in [7, 11) is 0. The molecular formula is C15H21N3O2S. The maximum absolute atomic E-state index is 12.3. The lowest BCUT2D eigenvalue weighted by Crippen LogP contribution is -2.47. The van der Waals surface area contributed by atoms with Gasteiger partial charge >= 0.3 is 0 Å². The van der Waals surface area contributed by atoms with Crippen LogP contribution in [0.3, 0.4) is 0 Å². The van der Waals surface area contributed by atoms with E-state index in [0.717, 1.165) is 18.4 Å². The zero-order valence-corrected chi connectivity index (χ0v) is 13.1. The number of amides is 2. The van der Waals surface area contributed by atoms with Crippen LogP contribution in [0.5, 0.6) is 0 Å². The van der Waals surface area contributed by atoms with Gasteiger partial charge in [-0.05, 0) is 24.1 Å². The number of carbonyl (C=O) groups is 2. The number of pyridine rings is 1.